The van der Waals surface area contributed by atoms with Gasteiger partial charge in [0.2, 0.25) is 11.8 Å². The van der Waals surface area contributed by atoms with Crippen LogP contribution in [0.2, 0.25) is 0 Å². The van der Waals surface area contributed by atoms with Crippen LogP contribution >= 0.6 is 0 Å². The Labute approximate surface area is 202 Å². The highest BCUT2D eigenvalue weighted by Crippen LogP contribution is 2.17. The Hall–Kier alpha value is -4.20. The van der Waals surface area contributed by atoms with Crippen molar-refractivity contribution in [1.82, 2.24) is 10.6 Å². The van der Waals surface area contributed by atoms with E-state index in [0.29, 0.717) is 23.5 Å². The molecule has 35 heavy (non-hydrogen) atoms. The number of hydrogen-bond acceptors (Lipinski definition) is 4. The van der Waals surface area contributed by atoms with E-state index in [0.717, 1.165) is 5.56 Å². The molecule has 0 fully saturated rings. The van der Waals surface area contributed by atoms with Gasteiger partial charge in [0.1, 0.15) is 30.3 Å². The van der Waals surface area contributed by atoms with E-state index in [-0.39, 0.29) is 12.8 Å². The van der Waals surface area contributed by atoms with Crippen molar-refractivity contribution >= 4 is 17.8 Å². The van der Waals surface area contributed by atoms with Gasteiger partial charge < -0.3 is 20.5 Å². The van der Waals surface area contributed by atoms with Crippen LogP contribution in [0.4, 0.5) is 4.39 Å². The molecule has 3 aromatic carbocycles. The van der Waals surface area contributed by atoms with Crippen molar-refractivity contribution in [2.75, 3.05) is 0 Å². The standard InChI is InChI=1S/C27H27FN2O5/c1-18(31)29-24(15-19-10-12-22(28)13-11-19)26(32)30-25(27(33)34)16-21-8-5-9-23(14-21)35-17-20-6-3-2-4-7-20/h2-14,24-25H,15-17H2,1H3,(H,29,31)(H,30,32)(H,33,34)/t24-,25-/m1/s1. The highest BCUT2D eigenvalue weighted by molar-refractivity contribution is 5.90. The first-order chi connectivity index (χ1) is 16.8. The summed E-state index contributed by atoms with van der Waals surface area (Å²) < 4.78 is 19.0. The number of carbonyl (C=O) groups is 3. The molecule has 8 heteroatoms. The third-order valence-electron chi connectivity index (χ3n) is 5.25. The minimum absolute atomic E-state index is 0.0208. The first-order valence-corrected chi connectivity index (χ1v) is 11.1. The zero-order chi connectivity index (χ0) is 25.2. The van der Waals surface area contributed by atoms with Crippen molar-refractivity contribution in [3.05, 3.63) is 101 Å². The molecule has 0 spiro atoms. The normalized spacial score (nSPS) is 12.3. The van der Waals surface area contributed by atoms with Crippen LogP contribution in [-0.4, -0.2) is 35.0 Å². The summed E-state index contributed by atoms with van der Waals surface area (Å²) >= 11 is 0. The molecular formula is C27H27FN2O5. The van der Waals surface area contributed by atoms with Crippen LogP contribution in [0.15, 0.2) is 78.9 Å². The fourth-order valence-electron chi connectivity index (χ4n) is 3.52. The summed E-state index contributed by atoms with van der Waals surface area (Å²) in [5, 5.41) is 14.8. The van der Waals surface area contributed by atoms with Crippen LogP contribution in [0.3, 0.4) is 0 Å². The van der Waals surface area contributed by atoms with E-state index >= 15 is 0 Å². The Morgan fingerprint density at radius 1 is 0.829 bits per heavy atom. The summed E-state index contributed by atoms with van der Waals surface area (Å²) in [6.45, 7) is 1.63. The Bertz CT molecular complexity index is 1150. The minimum Gasteiger partial charge on any atom is -0.489 e. The lowest BCUT2D eigenvalue weighted by atomic mass is 10.0. The molecule has 182 valence electrons. The Morgan fingerprint density at radius 3 is 2.14 bits per heavy atom. The van der Waals surface area contributed by atoms with E-state index in [1.54, 1.807) is 24.3 Å². The predicted molar refractivity (Wildman–Crippen MR) is 128 cm³/mol. The largest absolute Gasteiger partial charge is 0.489 e. The lowest BCUT2D eigenvalue weighted by Crippen LogP contribution is -2.52. The molecule has 3 aromatic rings. The van der Waals surface area contributed by atoms with E-state index in [2.05, 4.69) is 10.6 Å². The first kappa shape index (κ1) is 25.4. The van der Waals surface area contributed by atoms with E-state index in [1.165, 1.54) is 31.2 Å². The summed E-state index contributed by atoms with van der Waals surface area (Å²) in [5.74, 6) is -2.14. The number of nitrogens with one attached hydrogen (secondary N) is 2. The van der Waals surface area contributed by atoms with E-state index in [1.807, 2.05) is 30.3 Å². The van der Waals surface area contributed by atoms with Gasteiger partial charge in [-0.1, -0.05) is 54.6 Å². The second kappa shape index (κ2) is 12.3. The van der Waals surface area contributed by atoms with Crippen LogP contribution in [0, 0.1) is 5.82 Å². The first-order valence-electron chi connectivity index (χ1n) is 11.1. The number of benzene rings is 3. The number of amides is 2. The highest BCUT2D eigenvalue weighted by atomic mass is 19.1. The monoisotopic (exact) mass is 478 g/mol. The van der Waals surface area contributed by atoms with Gasteiger partial charge >= 0.3 is 5.97 Å². The number of rotatable bonds is 11. The van der Waals surface area contributed by atoms with Gasteiger partial charge in [0.15, 0.2) is 0 Å². The topological polar surface area (TPSA) is 105 Å². The summed E-state index contributed by atoms with van der Waals surface area (Å²) in [6, 6.07) is 19.9. The second-order valence-electron chi connectivity index (χ2n) is 8.11. The number of carboxylic acid groups (broad SMARTS) is 1. The van der Waals surface area contributed by atoms with Crippen molar-refractivity contribution in [3.8, 4) is 5.75 Å². The molecule has 0 heterocycles. The van der Waals surface area contributed by atoms with Gasteiger partial charge in [-0.15, -0.1) is 0 Å². The molecule has 3 rings (SSSR count). The zero-order valence-corrected chi connectivity index (χ0v) is 19.2. The number of hydrogen-bond donors (Lipinski definition) is 3. The van der Waals surface area contributed by atoms with Gasteiger partial charge in [-0.3, -0.25) is 9.59 Å². The fourth-order valence-corrected chi connectivity index (χ4v) is 3.52. The van der Waals surface area contributed by atoms with Crippen molar-refractivity contribution in [2.24, 2.45) is 0 Å². The van der Waals surface area contributed by atoms with Crippen LogP contribution in [0.25, 0.3) is 0 Å². The van der Waals surface area contributed by atoms with Gasteiger partial charge in [0.05, 0.1) is 0 Å². The average molecular weight is 479 g/mol. The number of carbonyl (C=O) groups excluding carboxylic acids is 2. The maximum absolute atomic E-state index is 13.2. The van der Waals surface area contributed by atoms with Gasteiger partial charge in [-0.25, -0.2) is 9.18 Å². The van der Waals surface area contributed by atoms with Gasteiger partial charge in [-0.2, -0.15) is 0 Å². The molecular weight excluding hydrogens is 451 g/mol. The molecule has 0 saturated carbocycles. The molecule has 0 aliphatic heterocycles. The third kappa shape index (κ3) is 8.26. The maximum Gasteiger partial charge on any atom is 0.326 e. The molecule has 0 aliphatic rings. The fraction of sp³-hybridized carbons (Fsp3) is 0.222. The van der Waals surface area contributed by atoms with Crippen molar-refractivity contribution in [2.45, 2.75) is 38.5 Å². The molecule has 2 amide bonds. The molecule has 2 atom stereocenters. The SMILES string of the molecule is CC(=O)N[C@H](Cc1ccc(F)cc1)C(=O)N[C@H](Cc1cccc(OCc2ccccc2)c1)C(=O)O. The molecule has 0 saturated heterocycles. The number of aliphatic carboxylic acids is 1. The molecule has 0 radical (unpaired) electrons. The summed E-state index contributed by atoms with van der Waals surface area (Å²) in [4.78, 5) is 36.4. The molecule has 0 unspecified atom stereocenters. The van der Waals surface area contributed by atoms with Crippen molar-refractivity contribution in [3.63, 3.8) is 0 Å². The maximum atomic E-state index is 13.2. The number of ether oxygens (including phenoxy) is 1. The molecule has 3 N–H and O–H groups in total. The molecule has 7 nitrogen and oxygen atoms in total. The number of carboxylic acids is 1. The second-order valence-corrected chi connectivity index (χ2v) is 8.11. The summed E-state index contributed by atoms with van der Waals surface area (Å²) in [7, 11) is 0. The van der Waals surface area contributed by atoms with Gasteiger partial charge in [0, 0.05) is 19.8 Å². The smallest absolute Gasteiger partial charge is 0.326 e. The van der Waals surface area contributed by atoms with Crippen LogP contribution in [0.5, 0.6) is 5.75 Å². The molecule has 0 bridgehead atoms. The van der Waals surface area contributed by atoms with Gasteiger partial charge in [0.25, 0.3) is 0 Å². The predicted octanol–water partition coefficient (Wildman–Crippen LogP) is 3.26. The lowest BCUT2D eigenvalue weighted by Gasteiger charge is -2.21. The Balaban J connectivity index is 1.66. The molecule has 0 aliphatic carbocycles. The van der Waals surface area contributed by atoms with Crippen molar-refractivity contribution in [1.29, 1.82) is 0 Å². The third-order valence-corrected chi connectivity index (χ3v) is 5.25. The summed E-state index contributed by atoms with van der Waals surface area (Å²) in [5.41, 5.74) is 2.28. The van der Waals surface area contributed by atoms with E-state index < -0.39 is 35.7 Å². The Morgan fingerprint density at radius 2 is 1.49 bits per heavy atom. The zero-order valence-electron chi connectivity index (χ0n) is 19.2. The quantitative estimate of drug-likeness (QED) is 0.392. The number of halogens is 1. The van der Waals surface area contributed by atoms with Crippen molar-refractivity contribution < 1.29 is 28.6 Å². The highest BCUT2D eigenvalue weighted by Gasteiger charge is 2.26. The Kier molecular flexibility index (Phi) is 8.95. The van der Waals surface area contributed by atoms with E-state index in [9.17, 15) is 23.9 Å². The van der Waals surface area contributed by atoms with Crippen LogP contribution in [-0.2, 0) is 33.8 Å². The van der Waals surface area contributed by atoms with E-state index in [4.69, 9.17) is 4.74 Å². The van der Waals surface area contributed by atoms with Gasteiger partial charge in [-0.05, 0) is 41.0 Å². The minimum atomic E-state index is -1.23. The molecule has 0 aromatic heterocycles. The summed E-state index contributed by atoms with van der Waals surface area (Å²) in [6.07, 6.45) is 0.105. The van der Waals surface area contributed by atoms with Crippen LogP contribution in [0.1, 0.15) is 23.6 Å². The average Bonchev–Trinajstić information content (AvgIpc) is 2.84. The lowest BCUT2D eigenvalue weighted by molar-refractivity contribution is -0.142. The van der Waals surface area contributed by atoms with Crippen LogP contribution < -0.4 is 15.4 Å².